The molecule has 0 radical (unpaired) electrons. The predicted octanol–water partition coefficient (Wildman–Crippen LogP) is 5.21. The predicted molar refractivity (Wildman–Crippen MR) is 173 cm³/mol. The second kappa shape index (κ2) is 13.3. The molecule has 46 heavy (non-hydrogen) atoms. The van der Waals surface area contributed by atoms with Gasteiger partial charge in [0, 0.05) is 40.7 Å². The quantitative estimate of drug-likeness (QED) is 0.257. The number of benzene rings is 3. The van der Waals surface area contributed by atoms with E-state index in [4.69, 9.17) is 16.3 Å². The topological polar surface area (TPSA) is 122 Å². The zero-order valence-electron chi connectivity index (χ0n) is 26.1. The molecule has 2 heterocycles. The van der Waals surface area contributed by atoms with Gasteiger partial charge in [-0.05, 0) is 59.9 Å². The summed E-state index contributed by atoms with van der Waals surface area (Å²) in [5.74, 6) is -0.153. The molecule has 6 rings (SSSR count). The average molecular weight is 643 g/mol. The third-order valence-corrected chi connectivity index (χ3v) is 9.64. The molecule has 10 nitrogen and oxygen atoms in total. The highest BCUT2D eigenvalue weighted by atomic mass is 35.5. The standard InChI is InChI=1S/C35H39ClN6O4/c1-34(2)22-41(19-18-35(34,45)27-14-16-28(36)17-15-27)33(44)29-12-7-13-30(29)37-32(43)26-11-6-10-25(20-26)31-38-40-42(39-31)23-46-21-24-8-4-3-5-9-24/h3-6,8-11,14-17,20,29-30,45H,7,12-13,18-19,21-23H2,1-2H3,(H,37,43). The number of amides is 2. The Bertz CT molecular complexity index is 1680. The summed E-state index contributed by atoms with van der Waals surface area (Å²) < 4.78 is 5.70. The SMILES string of the molecule is CC1(C)CN(C(=O)C2CCCC2NC(=O)c2cccc(-c3nnn(COCc4ccccc4)n3)c2)CCC1(O)c1ccc(Cl)cc1. The summed E-state index contributed by atoms with van der Waals surface area (Å²) in [6.45, 7) is 5.41. The first-order valence-electron chi connectivity index (χ1n) is 15.7. The molecule has 2 N–H and O–H groups in total. The lowest BCUT2D eigenvalue weighted by Crippen LogP contribution is -2.58. The van der Waals surface area contributed by atoms with Crippen LogP contribution in [0, 0.1) is 11.3 Å². The number of halogens is 1. The van der Waals surface area contributed by atoms with Crippen molar-refractivity contribution in [2.75, 3.05) is 13.1 Å². The van der Waals surface area contributed by atoms with Gasteiger partial charge in [-0.25, -0.2) is 0 Å². The molecule has 1 saturated heterocycles. The third-order valence-electron chi connectivity index (χ3n) is 9.39. The molecular formula is C35H39ClN6O4. The van der Waals surface area contributed by atoms with Crippen molar-refractivity contribution in [1.29, 1.82) is 0 Å². The maximum atomic E-state index is 13.8. The molecule has 3 unspecified atom stereocenters. The molecule has 1 aliphatic carbocycles. The van der Waals surface area contributed by atoms with E-state index in [-0.39, 0.29) is 30.5 Å². The van der Waals surface area contributed by atoms with Crippen LogP contribution in [0.25, 0.3) is 11.4 Å². The lowest BCUT2D eigenvalue weighted by Gasteiger charge is -2.51. The zero-order valence-corrected chi connectivity index (χ0v) is 26.9. The van der Waals surface area contributed by atoms with Crippen molar-refractivity contribution < 1.29 is 19.4 Å². The number of ether oxygens (including phenoxy) is 1. The smallest absolute Gasteiger partial charge is 0.251 e. The van der Waals surface area contributed by atoms with Crippen LogP contribution >= 0.6 is 11.6 Å². The highest BCUT2D eigenvalue weighted by Gasteiger charge is 2.51. The first-order chi connectivity index (χ1) is 22.1. The molecule has 1 aromatic heterocycles. The van der Waals surface area contributed by atoms with E-state index in [9.17, 15) is 14.7 Å². The summed E-state index contributed by atoms with van der Waals surface area (Å²) in [5.41, 5.74) is 1.29. The minimum absolute atomic E-state index is 0.0260. The molecule has 1 saturated carbocycles. The van der Waals surface area contributed by atoms with Gasteiger partial charge in [-0.15, -0.1) is 15.0 Å². The Hall–Kier alpha value is -4.12. The fraction of sp³-hybridized carbons (Fsp3) is 0.400. The van der Waals surface area contributed by atoms with Crippen LogP contribution in [0.3, 0.4) is 0 Å². The molecule has 2 fully saturated rings. The molecule has 2 amide bonds. The van der Waals surface area contributed by atoms with Gasteiger partial charge in [0.1, 0.15) is 0 Å². The number of hydrogen-bond acceptors (Lipinski definition) is 7. The van der Waals surface area contributed by atoms with E-state index in [1.54, 1.807) is 30.3 Å². The van der Waals surface area contributed by atoms with Crippen molar-refractivity contribution in [3.63, 3.8) is 0 Å². The molecule has 1 aliphatic heterocycles. The van der Waals surface area contributed by atoms with Crippen LogP contribution in [-0.4, -0.2) is 61.2 Å². The number of hydrogen-bond donors (Lipinski definition) is 2. The molecule has 3 aromatic carbocycles. The summed E-state index contributed by atoms with van der Waals surface area (Å²) >= 11 is 6.08. The molecule has 0 bridgehead atoms. The Morgan fingerprint density at radius 1 is 1.04 bits per heavy atom. The molecule has 4 aromatic rings. The Balaban J connectivity index is 1.07. The summed E-state index contributed by atoms with van der Waals surface area (Å²) in [6.07, 6.45) is 2.71. The molecule has 2 aliphatic rings. The van der Waals surface area contributed by atoms with E-state index < -0.39 is 11.0 Å². The number of carbonyl (C=O) groups excluding carboxylic acids is 2. The fourth-order valence-electron chi connectivity index (χ4n) is 6.72. The second-order valence-electron chi connectivity index (χ2n) is 12.9. The summed E-state index contributed by atoms with van der Waals surface area (Å²) in [4.78, 5) is 30.5. The number of aromatic nitrogens is 4. The summed E-state index contributed by atoms with van der Waals surface area (Å²) in [5, 5.41) is 28.1. The maximum absolute atomic E-state index is 13.8. The van der Waals surface area contributed by atoms with Crippen LogP contribution in [0.2, 0.25) is 5.02 Å². The normalized spacial score (nSPS) is 22.5. The fourth-order valence-corrected chi connectivity index (χ4v) is 6.84. The van der Waals surface area contributed by atoms with Crippen molar-refractivity contribution in [3.05, 3.63) is 101 Å². The van der Waals surface area contributed by atoms with Crippen LogP contribution in [-0.2, 0) is 28.5 Å². The van der Waals surface area contributed by atoms with Gasteiger partial charge in [0.2, 0.25) is 11.7 Å². The largest absolute Gasteiger partial charge is 0.384 e. The number of aliphatic hydroxyl groups is 1. The van der Waals surface area contributed by atoms with E-state index in [0.29, 0.717) is 54.5 Å². The highest BCUT2D eigenvalue weighted by Crippen LogP contribution is 2.46. The number of nitrogens with one attached hydrogen (secondary N) is 1. The van der Waals surface area contributed by atoms with Crippen LogP contribution in [0.5, 0.6) is 0 Å². The molecular weight excluding hydrogens is 604 g/mol. The van der Waals surface area contributed by atoms with Gasteiger partial charge in [0.05, 0.1) is 18.1 Å². The first kappa shape index (κ1) is 31.8. The second-order valence-corrected chi connectivity index (χ2v) is 13.3. The molecule has 240 valence electrons. The minimum Gasteiger partial charge on any atom is -0.384 e. The number of piperidine rings is 1. The highest BCUT2D eigenvalue weighted by molar-refractivity contribution is 6.30. The Kier molecular flexibility index (Phi) is 9.22. The van der Waals surface area contributed by atoms with E-state index in [1.165, 1.54) is 4.80 Å². The van der Waals surface area contributed by atoms with E-state index in [0.717, 1.165) is 24.0 Å². The van der Waals surface area contributed by atoms with Gasteiger partial charge >= 0.3 is 0 Å². The lowest BCUT2D eigenvalue weighted by atomic mass is 9.66. The molecule has 3 atom stereocenters. The van der Waals surface area contributed by atoms with Gasteiger partial charge in [-0.3, -0.25) is 9.59 Å². The maximum Gasteiger partial charge on any atom is 0.251 e. The number of rotatable bonds is 9. The van der Waals surface area contributed by atoms with Crippen molar-refractivity contribution in [2.45, 2.75) is 64.5 Å². The van der Waals surface area contributed by atoms with Gasteiger partial charge < -0.3 is 20.1 Å². The Labute approximate surface area is 273 Å². The minimum atomic E-state index is -1.09. The van der Waals surface area contributed by atoms with Crippen molar-refractivity contribution >= 4 is 23.4 Å². The van der Waals surface area contributed by atoms with E-state index in [1.807, 2.05) is 67.3 Å². The Morgan fingerprint density at radius 3 is 2.59 bits per heavy atom. The molecule has 0 spiro atoms. The monoisotopic (exact) mass is 642 g/mol. The zero-order chi connectivity index (χ0) is 32.3. The number of tetrazole rings is 1. The number of likely N-dealkylation sites (tertiary alicyclic amines) is 1. The van der Waals surface area contributed by atoms with Crippen molar-refractivity contribution in [3.8, 4) is 11.4 Å². The first-order valence-corrected chi connectivity index (χ1v) is 16.1. The Morgan fingerprint density at radius 2 is 1.83 bits per heavy atom. The van der Waals surface area contributed by atoms with Gasteiger partial charge in [0.15, 0.2) is 6.73 Å². The van der Waals surface area contributed by atoms with E-state index >= 15 is 0 Å². The van der Waals surface area contributed by atoms with Crippen LogP contribution in [0.4, 0.5) is 0 Å². The average Bonchev–Trinajstić information content (AvgIpc) is 3.73. The van der Waals surface area contributed by atoms with Gasteiger partial charge in [-0.2, -0.15) is 0 Å². The number of carbonyl (C=O) groups is 2. The van der Waals surface area contributed by atoms with Crippen LogP contribution in [0.1, 0.15) is 61.0 Å². The van der Waals surface area contributed by atoms with E-state index in [2.05, 4.69) is 20.7 Å². The number of nitrogens with zero attached hydrogens (tertiary/aromatic N) is 5. The molecule has 11 heteroatoms. The summed E-state index contributed by atoms with van der Waals surface area (Å²) in [6, 6.07) is 23.9. The van der Waals surface area contributed by atoms with Crippen LogP contribution < -0.4 is 5.32 Å². The van der Waals surface area contributed by atoms with Crippen molar-refractivity contribution in [2.24, 2.45) is 11.3 Å². The lowest BCUT2D eigenvalue weighted by molar-refractivity contribution is -0.156. The van der Waals surface area contributed by atoms with Gasteiger partial charge in [-0.1, -0.05) is 86.5 Å². The van der Waals surface area contributed by atoms with Gasteiger partial charge in [0.25, 0.3) is 5.91 Å². The third kappa shape index (κ3) is 6.70. The van der Waals surface area contributed by atoms with Crippen LogP contribution in [0.15, 0.2) is 78.9 Å². The van der Waals surface area contributed by atoms with Crippen molar-refractivity contribution in [1.82, 2.24) is 30.4 Å². The summed E-state index contributed by atoms with van der Waals surface area (Å²) in [7, 11) is 0.